The highest BCUT2D eigenvalue weighted by Crippen LogP contribution is 2.16. The molecule has 0 saturated heterocycles. The molecule has 0 radical (unpaired) electrons. The Balaban J connectivity index is 3.05. The molecule has 0 atom stereocenters. The van der Waals surface area contributed by atoms with E-state index in [4.69, 9.17) is 0 Å². The maximum absolute atomic E-state index is 10.5. The van der Waals surface area contributed by atoms with E-state index in [-0.39, 0.29) is 5.75 Å². The van der Waals surface area contributed by atoms with Gasteiger partial charge in [0, 0.05) is 4.47 Å². The molecule has 1 aromatic rings. The van der Waals surface area contributed by atoms with Crippen molar-refractivity contribution < 1.29 is 8.42 Å². The molecule has 0 bridgehead atoms. The number of thiol groups is 1. The molecule has 12 heavy (non-hydrogen) atoms. The highest BCUT2D eigenvalue weighted by Gasteiger charge is 1.99. The fourth-order valence-electron chi connectivity index (χ4n) is 0.949. The van der Waals surface area contributed by atoms with Crippen molar-refractivity contribution in [2.75, 3.05) is 0 Å². The first kappa shape index (κ1) is 9.74. The van der Waals surface area contributed by atoms with Gasteiger partial charge in [-0.3, -0.25) is 0 Å². The number of hydrogen-bond donors (Lipinski definition) is 1. The topological polar surface area (TPSA) is 34.1 Å². The van der Waals surface area contributed by atoms with Gasteiger partial charge in [0.05, 0.1) is 5.75 Å². The summed E-state index contributed by atoms with van der Waals surface area (Å²) in [5, 5.41) is 0. The van der Waals surface area contributed by atoms with Crippen molar-refractivity contribution in [1.29, 1.82) is 0 Å². The van der Waals surface area contributed by atoms with Crippen LogP contribution in [0.2, 0.25) is 0 Å². The molecular weight excluding hydrogens is 240 g/mol. The third kappa shape index (κ3) is 2.60. The van der Waals surface area contributed by atoms with Crippen molar-refractivity contribution in [3.63, 3.8) is 0 Å². The maximum atomic E-state index is 10.5. The molecule has 0 unspecified atom stereocenters. The number of aryl methyl sites for hydroxylation is 1. The van der Waals surface area contributed by atoms with E-state index in [1.165, 1.54) is 0 Å². The predicted octanol–water partition coefficient (Wildman–Crippen LogP) is 1.87. The first-order valence-electron chi connectivity index (χ1n) is 3.46. The van der Waals surface area contributed by atoms with Crippen LogP contribution in [0.15, 0.2) is 22.7 Å². The van der Waals surface area contributed by atoms with E-state index in [1.54, 1.807) is 0 Å². The Morgan fingerprint density at radius 1 is 1.42 bits per heavy atom. The van der Waals surface area contributed by atoms with Gasteiger partial charge in [-0.25, -0.2) is 8.42 Å². The minimum atomic E-state index is -2.33. The Labute approximate surface area is 81.7 Å². The molecule has 0 aliphatic rings. The Morgan fingerprint density at radius 2 is 2.08 bits per heavy atom. The summed E-state index contributed by atoms with van der Waals surface area (Å²) >= 11 is 3.29. The highest BCUT2D eigenvalue weighted by atomic mass is 79.9. The number of benzene rings is 1. The zero-order chi connectivity index (χ0) is 9.14. The lowest BCUT2D eigenvalue weighted by Gasteiger charge is -2.01. The van der Waals surface area contributed by atoms with Gasteiger partial charge < -0.3 is 0 Å². The van der Waals surface area contributed by atoms with Gasteiger partial charge in [-0.2, -0.15) is 0 Å². The summed E-state index contributed by atoms with van der Waals surface area (Å²) in [5.41, 5.74) is 1.87. The average Bonchev–Trinajstić information content (AvgIpc) is 1.96. The van der Waals surface area contributed by atoms with Gasteiger partial charge in [0.2, 0.25) is 0 Å². The summed E-state index contributed by atoms with van der Waals surface area (Å²) in [4.78, 5) is 0. The monoisotopic (exact) mass is 248 g/mol. The van der Waals surface area contributed by atoms with Crippen molar-refractivity contribution in [3.8, 4) is 0 Å². The van der Waals surface area contributed by atoms with E-state index in [1.807, 2.05) is 25.1 Å². The SMILES string of the molecule is Cc1ccc(Br)cc1C[SH](=O)=O. The first-order valence-corrected chi connectivity index (χ1v) is 5.62. The molecule has 66 valence electrons. The summed E-state index contributed by atoms with van der Waals surface area (Å²) in [6.45, 7) is 1.90. The van der Waals surface area contributed by atoms with Crippen molar-refractivity contribution in [2.24, 2.45) is 0 Å². The van der Waals surface area contributed by atoms with E-state index in [9.17, 15) is 8.42 Å². The second kappa shape index (κ2) is 4.05. The molecule has 0 fully saturated rings. The van der Waals surface area contributed by atoms with Crippen molar-refractivity contribution in [1.82, 2.24) is 0 Å². The fourth-order valence-corrected chi connectivity index (χ4v) is 1.98. The zero-order valence-electron chi connectivity index (χ0n) is 6.58. The zero-order valence-corrected chi connectivity index (χ0v) is 9.06. The third-order valence-electron chi connectivity index (χ3n) is 1.61. The summed E-state index contributed by atoms with van der Waals surface area (Å²) in [5.74, 6) is 0.126. The molecule has 0 heterocycles. The van der Waals surface area contributed by atoms with Gasteiger partial charge in [0.25, 0.3) is 0 Å². The Kier molecular flexibility index (Phi) is 3.29. The summed E-state index contributed by atoms with van der Waals surface area (Å²) in [7, 11) is -2.33. The molecule has 0 N–H and O–H groups in total. The van der Waals surface area contributed by atoms with Gasteiger partial charge >= 0.3 is 0 Å². The second-order valence-electron chi connectivity index (χ2n) is 2.56. The molecule has 1 rings (SSSR count). The quantitative estimate of drug-likeness (QED) is 0.812. The van der Waals surface area contributed by atoms with Crippen LogP contribution in [-0.4, -0.2) is 8.42 Å². The lowest BCUT2D eigenvalue weighted by atomic mass is 10.1. The van der Waals surface area contributed by atoms with Gasteiger partial charge in [-0.15, -0.1) is 0 Å². The van der Waals surface area contributed by atoms with Crippen LogP contribution in [-0.2, 0) is 16.5 Å². The molecule has 1 aromatic carbocycles. The summed E-state index contributed by atoms with van der Waals surface area (Å²) in [6, 6.07) is 5.63. The first-order chi connectivity index (χ1) is 5.59. The Morgan fingerprint density at radius 3 is 2.67 bits per heavy atom. The number of rotatable bonds is 2. The molecular formula is C8H9BrO2S. The van der Waals surface area contributed by atoms with Gasteiger partial charge in [0.15, 0.2) is 0 Å². The standard InChI is InChI=1S/C8H9BrO2S/c1-6-2-3-8(9)4-7(6)5-12(10)11/h2-4,12H,5H2,1H3. The predicted molar refractivity (Wildman–Crippen MR) is 52.9 cm³/mol. The molecule has 2 nitrogen and oxygen atoms in total. The van der Waals surface area contributed by atoms with E-state index in [0.717, 1.165) is 15.6 Å². The number of hydrogen-bond acceptors (Lipinski definition) is 2. The van der Waals surface area contributed by atoms with Crippen molar-refractivity contribution in [2.45, 2.75) is 12.7 Å². The molecule has 0 spiro atoms. The highest BCUT2D eigenvalue weighted by molar-refractivity contribution is 9.10. The minimum Gasteiger partial charge on any atom is -0.232 e. The van der Waals surface area contributed by atoms with E-state index in [2.05, 4.69) is 15.9 Å². The van der Waals surface area contributed by atoms with Crippen LogP contribution in [0, 0.1) is 6.92 Å². The molecule has 0 amide bonds. The van der Waals surface area contributed by atoms with E-state index < -0.39 is 10.7 Å². The van der Waals surface area contributed by atoms with E-state index in [0.29, 0.717) is 0 Å². The van der Waals surface area contributed by atoms with Gasteiger partial charge in [-0.05, 0) is 30.2 Å². The minimum absolute atomic E-state index is 0.126. The van der Waals surface area contributed by atoms with Crippen LogP contribution in [0.3, 0.4) is 0 Å². The van der Waals surface area contributed by atoms with Crippen LogP contribution in [0.25, 0.3) is 0 Å². The van der Waals surface area contributed by atoms with Crippen LogP contribution >= 0.6 is 15.9 Å². The van der Waals surface area contributed by atoms with Crippen LogP contribution in [0.4, 0.5) is 0 Å². The normalized spacial score (nSPS) is 10.6. The third-order valence-corrected chi connectivity index (χ3v) is 2.70. The molecule has 4 heteroatoms. The average molecular weight is 249 g/mol. The van der Waals surface area contributed by atoms with Crippen LogP contribution < -0.4 is 0 Å². The van der Waals surface area contributed by atoms with Crippen LogP contribution in [0.5, 0.6) is 0 Å². The van der Waals surface area contributed by atoms with Gasteiger partial charge in [0.1, 0.15) is 10.7 Å². The van der Waals surface area contributed by atoms with E-state index >= 15 is 0 Å². The Bertz CT molecular complexity index is 350. The summed E-state index contributed by atoms with van der Waals surface area (Å²) in [6.07, 6.45) is 0. The molecule has 0 aliphatic heterocycles. The maximum Gasteiger partial charge on any atom is 0.144 e. The van der Waals surface area contributed by atoms with Crippen LogP contribution in [0.1, 0.15) is 11.1 Å². The molecule has 0 aromatic heterocycles. The van der Waals surface area contributed by atoms with Gasteiger partial charge in [-0.1, -0.05) is 22.0 Å². The molecule has 0 aliphatic carbocycles. The number of halogens is 1. The Hall–Kier alpha value is -0.350. The summed E-state index contributed by atoms with van der Waals surface area (Å²) < 4.78 is 21.8. The lowest BCUT2D eigenvalue weighted by Crippen LogP contribution is -1.90. The largest absolute Gasteiger partial charge is 0.232 e. The lowest BCUT2D eigenvalue weighted by molar-refractivity contribution is 0.614. The smallest absolute Gasteiger partial charge is 0.144 e. The molecule has 0 saturated carbocycles. The fraction of sp³-hybridized carbons (Fsp3) is 0.250. The van der Waals surface area contributed by atoms with Crippen molar-refractivity contribution in [3.05, 3.63) is 33.8 Å². The van der Waals surface area contributed by atoms with Crippen molar-refractivity contribution >= 4 is 26.6 Å². The second-order valence-corrected chi connectivity index (χ2v) is 4.46.